The zero-order valence-electron chi connectivity index (χ0n) is 12.0. The number of benzene rings is 1. The second kappa shape index (κ2) is 4.88. The second-order valence-corrected chi connectivity index (χ2v) is 5.47. The molecule has 0 spiro atoms. The summed E-state index contributed by atoms with van der Waals surface area (Å²) in [5, 5.41) is 0. The molecule has 0 amide bonds. The summed E-state index contributed by atoms with van der Waals surface area (Å²) in [4.78, 5) is 12.8. The van der Waals surface area contributed by atoms with Gasteiger partial charge in [-0.1, -0.05) is 0 Å². The Morgan fingerprint density at radius 3 is 2.71 bits per heavy atom. The van der Waals surface area contributed by atoms with E-state index in [2.05, 4.69) is 9.97 Å². The van der Waals surface area contributed by atoms with Crippen molar-refractivity contribution in [2.45, 2.75) is 25.7 Å². The molecule has 4 rings (SSSR count). The lowest BCUT2D eigenvalue weighted by atomic mass is 9.97. The van der Waals surface area contributed by atoms with Gasteiger partial charge < -0.3 is 9.72 Å². The fourth-order valence-electron chi connectivity index (χ4n) is 3.05. The molecule has 0 saturated heterocycles. The van der Waals surface area contributed by atoms with Gasteiger partial charge in [0.25, 0.3) is 0 Å². The summed E-state index contributed by atoms with van der Waals surface area (Å²) < 4.78 is 5.19. The van der Waals surface area contributed by atoms with Crippen LogP contribution in [0.3, 0.4) is 0 Å². The Morgan fingerprint density at radius 2 is 1.90 bits per heavy atom. The number of aryl methyl sites for hydroxylation is 2. The average molecular weight is 279 g/mol. The van der Waals surface area contributed by atoms with E-state index in [4.69, 9.17) is 9.72 Å². The van der Waals surface area contributed by atoms with E-state index in [1.165, 1.54) is 24.1 Å². The van der Waals surface area contributed by atoms with Crippen LogP contribution in [0.2, 0.25) is 0 Å². The molecule has 2 aromatic heterocycles. The molecule has 1 aliphatic rings. The molecule has 0 fully saturated rings. The monoisotopic (exact) mass is 279 g/mol. The van der Waals surface area contributed by atoms with Gasteiger partial charge in [-0.3, -0.25) is 0 Å². The molecule has 21 heavy (non-hydrogen) atoms. The smallest absolute Gasteiger partial charge is 0.159 e. The minimum atomic E-state index is 0.775. The van der Waals surface area contributed by atoms with Gasteiger partial charge in [-0.25, -0.2) is 9.97 Å². The Kier molecular flexibility index (Phi) is 2.88. The van der Waals surface area contributed by atoms with Crippen LogP contribution in [0, 0.1) is 0 Å². The number of aromatic amines is 1. The summed E-state index contributed by atoms with van der Waals surface area (Å²) in [5.74, 6) is 1.62. The number of fused-ring (bicyclic) bond motifs is 3. The Hall–Kier alpha value is -2.36. The molecule has 0 unspecified atom stereocenters. The van der Waals surface area contributed by atoms with Crippen LogP contribution in [0.1, 0.15) is 24.1 Å². The van der Waals surface area contributed by atoms with Gasteiger partial charge in [0, 0.05) is 11.3 Å². The molecule has 1 aliphatic carbocycles. The molecule has 2 heterocycles. The minimum Gasteiger partial charge on any atom is -0.497 e. The summed E-state index contributed by atoms with van der Waals surface area (Å²) in [5.41, 5.74) is 5.89. The van der Waals surface area contributed by atoms with Crippen molar-refractivity contribution in [2.24, 2.45) is 0 Å². The molecule has 0 atom stereocenters. The third-order valence-corrected chi connectivity index (χ3v) is 4.18. The van der Waals surface area contributed by atoms with Crippen molar-refractivity contribution < 1.29 is 4.74 Å². The summed E-state index contributed by atoms with van der Waals surface area (Å²) in [7, 11) is 1.67. The van der Waals surface area contributed by atoms with E-state index in [1.807, 2.05) is 30.5 Å². The van der Waals surface area contributed by atoms with Crippen molar-refractivity contribution in [3.05, 3.63) is 41.7 Å². The van der Waals surface area contributed by atoms with E-state index in [1.54, 1.807) is 7.11 Å². The second-order valence-electron chi connectivity index (χ2n) is 5.47. The number of nitrogens with one attached hydrogen (secondary N) is 1. The fraction of sp³-hybridized carbons (Fsp3) is 0.294. The first kappa shape index (κ1) is 12.4. The Morgan fingerprint density at radius 1 is 1.10 bits per heavy atom. The molecule has 3 aromatic rings. The summed E-state index contributed by atoms with van der Waals surface area (Å²) in [6.07, 6.45) is 6.67. The topological polar surface area (TPSA) is 50.8 Å². The van der Waals surface area contributed by atoms with Gasteiger partial charge in [-0.05, 0) is 55.5 Å². The van der Waals surface area contributed by atoms with Crippen LogP contribution in [0.15, 0.2) is 30.5 Å². The maximum Gasteiger partial charge on any atom is 0.159 e. The van der Waals surface area contributed by atoms with E-state index in [0.717, 1.165) is 41.0 Å². The van der Waals surface area contributed by atoms with Crippen LogP contribution in [0.4, 0.5) is 0 Å². The number of rotatable bonds is 2. The predicted octanol–water partition coefficient (Wildman–Crippen LogP) is 3.51. The Balaban J connectivity index is 1.82. The Bertz CT molecular complexity index is 790. The van der Waals surface area contributed by atoms with E-state index in [0.29, 0.717) is 0 Å². The molecular formula is C17H17N3O. The average Bonchev–Trinajstić information content (AvgIpc) is 2.93. The molecule has 0 saturated carbocycles. The van der Waals surface area contributed by atoms with Gasteiger partial charge in [0.05, 0.1) is 24.3 Å². The third kappa shape index (κ3) is 2.07. The number of nitrogens with zero attached hydrogens (tertiary/aromatic N) is 2. The number of H-pyrrole nitrogens is 1. The highest BCUT2D eigenvalue weighted by atomic mass is 16.5. The number of ether oxygens (including phenoxy) is 1. The van der Waals surface area contributed by atoms with E-state index >= 15 is 0 Å². The van der Waals surface area contributed by atoms with Crippen LogP contribution in [-0.2, 0) is 12.8 Å². The normalized spacial score (nSPS) is 14.1. The summed E-state index contributed by atoms with van der Waals surface area (Å²) >= 11 is 0. The molecular weight excluding hydrogens is 262 g/mol. The van der Waals surface area contributed by atoms with Gasteiger partial charge in [0.2, 0.25) is 0 Å². The standard InChI is InChI=1S/C17H17N3O/c1-21-12-8-6-11(7-9-12)17-18-10-15-16(20-17)13-4-2-3-5-14(13)19-15/h6-10,19H,2-5H2,1H3. The van der Waals surface area contributed by atoms with E-state index < -0.39 is 0 Å². The van der Waals surface area contributed by atoms with E-state index in [-0.39, 0.29) is 0 Å². The summed E-state index contributed by atoms with van der Waals surface area (Å²) in [6.45, 7) is 0. The van der Waals surface area contributed by atoms with Crippen LogP contribution in [0.5, 0.6) is 5.75 Å². The predicted molar refractivity (Wildman–Crippen MR) is 82.5 cm³/mol. The first-order chi connectivity index (χ1) is 10.3. The van der Waals surface area contributed by atoms with Gasteiger partial charge in [-0.2, -0.15) is 0 Å². The van der Waals surface area contributed by atoms with Crippen molar-refractivity contribution in [3.63, 3.8) is 0 Å². The number of hydrogen-bond donors (Lipinski definition) is 1. The van der Waals surface area contributed by atoms with Crippen molar-refractivity contribution in [3.8, 4) is 17.1 Å². The van der Waals surface area contributed by atoms with Gasteiger partial charge in [0.15, 0.2) is 5.82 Å². The highest BCUT2D eigenvalue weighted by molar-refractivity contribution is 5.82. The van der Waals surface area contributed by atoms with Crippen LogP contribution >= 0.6 is 0 Å². The van der Waals surface area contributed by atoms with Crippen LogP contribution in [0.25, 0.3) is 22.4 Å². The fourth-order valence-corrected chi connectivity index (χ4v) is 3.05. The third-order valence-electron chi connectivity index (χ3n) is 4.18. The zero-order chi connectivity index (χ0) is 14.2. The molecule has 106 valence electrons. The molecule has 1 N–H and O–H groups in total. The van der Waals surface area contributed by atoms with Crippen molar-refractivity contribution in [1.82, 2.24) is 15.0 Å². The maximum absolute atomic E-state index is 5.19. The van der Waals surface area contributed by atoms with Crippen LogP contribution < -0.4 is 4.74 Å². The first-order valence-corrected chi connectivity index (χ1v) is 7.36. The Labute approximate surface area is 123 Å². The van der Waals surface area contributed by atoms with Crippen LogP contribution in [-0.4, -0.2) is 22.1 Å². The first-order valence-electron chi connectivity index (χ1n) is 7.36. The molecule has 4 nitrogen and oxygen atoms in total. The number of hydrogen-bond acceptors (Lipinski definition) is 3. The zero-order valence-corrected chi connectivity index (χ0v) is 12.0. The maximum atomic E-state index is 5.19. The van der Waals surface area contributed by atoms with Gasteiger partial charge >= 0.3 is 0 Å². The summed E-state index contributed by atoms with van der Waals surface area (Å²) in [6, 6.07) is 7.88. The van der Waals surface area contributed by atoms with Crippen molar-refractivity contribution >= 4 is 11.0 Å². The lowest BCUT2D eigenvalue weighted by Crippen LogP contribution is -2.00. The molecule has 0 radical (unpaired) electrons. The minimum absolute atomic E-state index is 0.775. The molecule has 4 heteroatoms. The lowest BCUT2D eigenvalue weighted by Gasteiger charge is -2.10. The number of methoxy groups -OCH3 is 1. The van der Waals surface area contributed by atoms with E-state index in [9.17, 15) is 0 Å². The SMILES string of the molecule is COc1ccc(-c2ncc3[nH]c4c(c3n2)CCCC4)cc1. The molecule has 0 aliphatic heterocycles. The quantitative estimate of drug-likeness (QED) is 0.781. The highest BCUT2D eigenvalue weighted by Crippen LogP contribution is 2.29. The highest BCUT2D eigenvalue weighted by Gasteiger charge is 2.17. The van der Waals surface area contributed by atoms with Crippen molar-refractivity contribution in [1.29, 1.82) is 0 Å². The molecule has 1 aromatic carbocycles. The van der Waals surface area contributed by atoms with Crippen molar-refractivity contribution in [2.75, 3.05) is 7.11 Å². The molecule has 0 bridgehead atoms. The lowest BCUT2D eigenvalue weighted by molar-refractivity contribution is 0.415. The van der Waals surface area contributed by atoms with Gasteiger partial charge in [-0.15, -0.1) is 0 Å². The largest absolute Gasteiger partial charge is 0.497 e. The number of aromatic nitrogens is 3. The van der Waals surface area contributed by atoms with Gasteiger partial charge in [0.1, 0.15) is 5.75 Å².